The largest absolute Gasteiger partial charge is 0.379 e. The number of hydrogen-bond acceptors (Lipinski definition) is 7. The first-order chi connectivity index (χ1) is 12.1. The number of aryl methyl sites for hydroxylation is 1. The van der Waals surface area contributed by atoms with Crippen molar-refractivity contribution in [3.8, 4) is 11.3 Å². The summed E-state index contributed by atoms with van der Waals surface area (Å²) in [5.41, 5.74) is 2.56. The number of halogens is 2. The van der Waals surface area contributed by atoms with Gasteiger partial charge >= 0.3 is 0 Å². The average molecular weight is 416 g/mol. The number of benzene rings is 1. The zero-order valence-electron chi connectivity index (χ0n) is 15.0. The minimum Gasteiger partial charge on any atom is -0.379 e. The van der Waals surface area contributed by atoms with Gasteiger partial charge in [-0.3, -0.25) is 15.0 Å². The zero-order valence-corrected chi connectivity index (χ0v) is 16.6. The van der Waals surface area contributed by atoms with Gasteiger partial charge in [0.05, 0.1) is 23.8 Å². The number of non-ortho nitro benzene ring substituents is 1. The predicted octanol–water partition coefficient (Wildman–Crippen LogP) is 2.95. The van der Waals surface area contributed by atoms with Crippen LogP contribution >= 0.6 is 24.8 Å². The van der Waals surface area contributed by atoms with E-state index in [1.54, 1.807) is 12.1 Å². The lowest BCUT2D eigenvalue weighted by atomic mass is 10.1. The maximum Gasteiger partial charge on any atom is 0.269 e. The van der Waals surface area contributed by atoms with Crippen molar-refractivity contribution in [1.82, 2.24) is 15.1 Å². The summed E-state index contributed by atoms with van der Waals surface area (Å²) in [7, 11) is 0. The van der Waals surface area contributed by atoms with Crippen LogP contribution in [0.5, 0.6) is 0 Å². The van der Waals surface area contributed by atoms with Gasteiger partial charge in [0.25, 0.3) is 5.69 Å². The second kappa shape index (κ2) is 11.0. The highest BCUT2D eigenvalue weighted by atomic mass is 35.5. The molecule has 0 saturated carbocycles. The molecule has 1 aliphatic heterocycles. The Morgan fingerprint density at radius 3 is 2.44 bits per heavy atom. The van der Waals surface area contributed by atoms with Crippen LogP contribution in [0.15, 0.2) is 30.3 Å². The van der Waals surface area contributed by atoms with Crippen LogP contribution in [0.3, 0.4) is 0 Å². The van der Waals surface area contributed by atoms with E-state index >= 15 is 0 Å². The summed E-state index contributed by atoms with van der Waals surface area (Å²) in [6, 6.07) is 8.26. The van der Waals surface area contributed by atoms with E-state index in [1.807, 2.05) is 13.0 Å². The molecule has 10 heteroatoms. The Labute approximate surface area is 170 Å². The maximum atomic E-state index is 10.7. The van der Waals surface area contributed by atoms with Crippen molar-refractivity contribution >= 4 is 36.3 Å². The lowest BCUT2D eigenvalue weighted by Gasteiger charge is -2.26. The molecule has 27 heavy (non-hydrogen) atoms. The molecular weight excluding hydrogens is 393 g/mol. The SMILES string of the molecule is Cc1cc(-c2ccc([N+](=O)[O-])cc2)nnc1NCCN1CCOCC1.Cl.Cl. The van der Waals surface area contributed by atoms with E-state index in [-0.39, 0.29) is 30.5 Å². The topological polar surface area (TPSA) is 93.4 Å². The van der Waals surface area contributed by atoms with Crippen LogP contribution in [0.25, 0.3) is 11.3 Å². The van der Waals surface area contributed by atoms with Crippen LogP contribution in [0, 0.1) is 17.0 Å². The Kier molecular flexibility index (Phi) is 9.37. The normalized spacial score (nSPS) is 14.0. The molecule has 3 rings (SSSR count). The first-order valence-electron chi connectivity index (χ1n) is 8.26. The monoisotopic (exact) mass is 415 g/mol. The number of ether oxygens (including phenoxy) is 1. The van der Waals surface area contributed by atoms with Crippen molar-refractivity contribution in [3.05, 3.63) is 46.0 Å². The van der Waals surface area contributed by atoms with Crippen LogP contribution in [-0.2, 0) is 4.74 Å². The van der Waals surface area contributed by atoms with Crippen molar-refractivity contribution in [1.29, 1.82) is 0 Å². The summed E-state index contributed by atoms with van der Waals surface area (Å²) in [6.07, 6.45) is 0. The van der Waals surface area contributed by atoms with Crippen molar-refractivity contribution in [2.75, 3.05) is 44.7 Å². The van der Waals surface area contributed by atoms with Gasteiger partial charge in [-0.15, -0.1) is 35.0 Å². The quantitative estimate of drug-likeness (QED) is 0.572. The molecule has 0 atom stereocenters. The predicted molar refractivity (Wildman–Crippen MR) is 109 cm³/mol. The Hall–Kier alpha value is -2.00. The van der Waals surface area contributed by atoms with Gasteiger partial charge in [-0.05, 0) is 30.7 Å². The number of anilines is 1. The zero-order chi connectivity index (χ0) is 17.6. The van der Waals surface area contributed by atoms with Gasteiger partial charge in [0, 0.05) is 43.9 Å². The Balaban J connectivity index is 0.00000182. The molecule has 0 bridgehead atoms. The first kappa shape index (κ1) is 23.0. The summed E-state index contributed by atoms with van der Waals surface area (Å²) in [6.45, 7) is 7.23. The summed E-state index contributed by atoms with van der Waals surface area (Å²) in [5, 5.41) is 22.5. The molecule has 1 aromatic heterocycles. The van der Waals surface area contributed by atoms with Crippen molar-refractivity contribution in [2.45, 2.75) is 6.92 Å². The van der Waals surface area contributed by atoms with Crippen molar-refractivity contribution in [3.63, 3.8) is 0 Å². The van der Waals surface area contributed by atoms with Crippen molar-refractivity contribution in [2.24, 2.45) is 0 Å². The highest BCUT2D eigenvalue weighted by Gasteiger charge is 2.11. The molecule has 0 aliphatic carbocycles. The number of aromatic nitrogens is 2. The minimum absolute atomic E-state index is 0. The van der Waals surface area contributed by atoms with Gasteiger partial charge in [-0.1, -0.05) is 0 Å². The van der Waals surface area contributed by atoms with Crippen LogP contribution in [0.2, 0.25) is 0 Å². The molecule has 1 aliphatic rings. The number of nitro groups is 1. The fourth-order valence-corrected chi connectivity index (χ4v) is 2.71. The molecule has 1 saturated heterocycles. The third-order valence-corrected chi connectivity index (χ3v) is 4.18. The van der Waals surface area contributed by atoms with Crippen LogP contribution in [0.1, 0.15) is 5.56 Å². The third-order valence-electron chi connectivity index (χ3n) is 4.18. The van der Waals surface area contributed by atoms with Gasteiger partial charge in [0.2, 0.25) is 0 Å². The molecule has 0 unspecified atom stereocenters. The molecule has 2 heterocycles. The van der Waals surface area contributed by atoms with E-state index in [2.05, 4.69) is 20.4 Å². The number of morpholine rings is 1. The van der Waals surface area contributed by atoms with E-state index in [4.69, 9.17) is 4.74 Å². The first-order valence-corrected chi connectivity index (χ1v) is 8.26. The Morgan fingerprint density at radius 1 is 1.19 bits per heavy atom. The molecule has 1 N–H and O–H groups in total. The highest BCUT2D eigenvalue weighted by molar-refractivity contribution is 5.85. The van der Waals surface area contributed by atoms with Gasteiger partial charge < -0.3 is 10.1 Å². The van der Waals surface area contributed by atoms with Crippen LogP contribution in [-0.4, -0.2) is 59.4 Å². The highest BCUT2D eigenvalue weighted by Crippen LogP contribution is 2.22. The van der Waals surface area contributed by atoms with E-state index < -0.39 is 4.92 Å². The summed E-state index contributed by atoms with van der Waals surface area (Å²) < 4.78 is 5.34. The third kappa shape index (κ3) is 6.28. The van der Waals surface area contributed by atoms with Crippen LogP contribution in [0.4, 0.5) is 11.5 Å². The molecular formula is C17H23Cl2N5O3. The molecule has 0 amide bonds. The molecule has 1 fully saturated rings. The Bertz CT molecular complexity index is 740. The van der Waals surface area contributed by atoms with Gasteiger partial charge in [-0.2, -0.15) is 0 Å². The number of rotatable bonds is 6. The number of nitrogens with one attached hydrogen (secondary N) is 1. The van der Waals surface area contributed by atoms with Gasteiger partial charge in [0.15, 0.2) is 5.82 Å². The van der Waals surface area contributed by atoms with E-state index in [9.17, 15) is 10.1 Å². The molecule has 0 radical (unpaired) electrons. The second-order valence-corrected chi connectivity index (χ2v) is 5.95. The average Bonchev–Trinajstić information content (AvgIpc) is 2.64. The van der Waals surface area contributed by atoms with E-state index in [0.29, 0.717) is 5.69 Å². The second-order valence-electron chi connectivity index (χ2n) is 5.95. The number of hydrogen-bond donors (Lipinski definition) is 1. The summed E-state index contributed by atoms with van der Waals surface area (Å²) in [4.78, 5) is 12.7. The summed E-state index contributed by atoms with van der Waals surface area (Å²) in [5.74, 6) is 0.763. The fourth-order valence-electron chi connectivity index (χ4n) is 2.71. The number of nitrogens with zero attached hydrogens (tertiary/aromatic N) is 4. The smallest absolute Gasteiger partial charge is 0.269 e. The molecule has 1 aromatic carbocycles. The Morgan fingerprint density at radius 2 is 1.85 bits per heavy atom. The maximum absolute atomic E-state index is 10.7. The fraction of sp³-hybridized carbons (Fsp3) is 0.412. The minimum atomic E-state index is -0.414. The van der Waals surface area contributed by atoms with E-state index in [1.165, 1.54) is 12.1 Å². The summed E-state index contributed by atoms with van der Waals surface area (Å²) >= 11 is 0. The standard InChI is InChI=1S/C17H21N5O3.2ClH/c1-13-12-16(14-2-4-15(5-3-14)22(23)24)19-20-17(13)18-6-7-21-8-10-25-11-9-21;;/h2-5,12H,6-11H2,1H3,(H,18,20);2*1H. The number of nitro benzene ring substituents is 1. The lowest BCUT2D eigenvalue weighted by molar-refractivity contribution is -0.384. The van der Waals surface area contributed by atoms with Gasteiger partial charge in [-0.25, -0.2) is 0 Å². The van der Waals surface area contributed by atoms with Crippen LogP contribution < -0.4 is 5.32 Å². The molecule has 8 nitrogen and oxygen atoms in total. The lowest BCUT2D eigenvalue weighted by Crippen LogP contribution is -2.39. The van der Waals surface area contributed by atoms with Gasteiger partial charge in [0.1, 0.15) is 0 Å². The van der Waals surface area contributed by atoms with Crippen molar-refractivity contribution < 1.29 is 9.66 Å². The molecule has 148 valence electrons. The molecule has 0 spiro atoms. The van der Waals surface area contributed by atoms with E-state index in [0.717, 1.165) is 56.3 Å². The molecule has 2 aromatic rings.